The Morgan fingerprint density at radius 3 is 2.53 bits per heavy atom. The van der Waals surface area contributed by atoms with Gasteiger partial charge in [-0.1, -0.05) is 6.07 Å². The van der Waals surface area contributed by atoms with E-state index in [0.29, 0.717) is 11.1 Å². The SMILES string of the molecule is O=C1CCC(N2C(=O)c3ccc(CN4CCCC45CCNCC5)cc3C2=O)C(=O)N1. The smallest absolute Gasteiger partial charge is 0.262 e. The van der Waals surface area contributed by atoms with Crippen molar-refractivity contribution in [3.63, 3.8) is 0 Å². The molecule has 4 aliphatic rings. The molecule has 0 aromatic heterocycles. The number of carbonyl (C=O) groups excluding carboxylic acids is 4. The average molecular weight is 410 g/mol. The highest BCUT2D eigenvalue weighted by molar-refractivity contribution is 6.23. The number of imide groups is 2. The van der Waals surface area contributed by atoms with Gasteiger partial charge in [0.2, 0.25) is 11.8 Å². The Hall–Kier alpha value is -2.58. The van der Waals surface area contributed by atoms with Crippen LogP contribution >= 0.6 is 0 Å². The maximum atomic E-state index is 13.0. The number of nitrogens with zero attached hydrogens (tertiary/aromatic N) is 2. The van der Waals surface area contributed by atoms with Gasteiger partial charge in [0, 0.05) is 18.5 Å². The Morgan fingerprint density at radius 2 is 1.77 bits per heavy atom. The van der Waals surface area contributed by atoms with E-state index in [1.807, 2.05) is 12.1 Å². The summed E-state index contributed by atoms with van der Waals surface area (Å²) >= 11 is 0. The summed E-state index contributed by atoms with van der Waals surface area (Å²) in [6.45, 7) is 3.88. The van der Waals surface area contributed by atoms with E-state index in [2.05, 4.69) is 15.5 Å². The van der Waals surface area contributed by atoms with Crippen LogP contribution in [0.2, 0.25) is 0 Å². The summed E-state index contributed by atoms with van der Waals surface area (Å²) in [4.78, 5) is 53.1. The normalized spacial score (nSPS) is 26.4. The number of amides is 4. The van der Waals surface area contributed by atoms with Crippen molar-refractivity contribution >= 4 is 23.6 Å². The molecule has 0 aliphatic carbocycles. The summed E-state index contributed by atoms with van der Waals surface area (Å²) in [6, 6.07) is 4.52. The number of hydrogen-bond acceptors (Lipinski definition) is 6. The van der Waals surface area contributed by atoms with Gasteiger partial charge in [-0.2, -0.15) is 0 Å². The summed E-state index contributed by atoms with van der Waals surface area (Å²) < 4.78 is 0. The second kappa shape index (κ2) is 7.28. The molecule has 4 aliphatic heterocycles. The van der Waals surface area contributed by atoms with Crippen molar-refractivity contribution in [2.75, 3.05) is 19.6 Å². The first-order valence-electron chi connectivity index (χ1n) is 10.8. The molecule has 3 fully saturated rings. The molecule has 0 saturated carbocycles. The Balaban J connectivity index is 1.37. The summed E-state index contributed by atoms with van der Waals surface area (Å²) in [5.41, 5.74) is 1.95. The standard InChI is InChI=1S/C22H26N4O4/c27-18-5-4-17(19(28)24-18)26-20(29)15-3-2-14(12-16(15)21(26)30)13-25-11-1-6-22(25)7-9-23-10-8-22/h2-3,12,17,23H,1,4-11,13H2,(H,24,27,28). The van der Waals surface area contributed by atoms with E-state index >= 15 is 0 Å². The fraction of sp³-hybridized carbons (Fsp3) is 0.545. The van der Waals surface area contributed by atoms with Crippen molar-refractivity contribution in [1.29, 1.82) is 0 Å². The highest BCUT2D eigenvalue weighted by Gasteiger charge is 2.45. The largest absolute Gasteiger partial charge is 0.317 e. The molecular formula is C22H26N4O4. The van der Waals surface area contributed by atoms with Gasteiger partial charge in [-0.25, -0.2) is 0 Å². The second-order valence-corrected chi connectivity index (χ2v) is 8.83. The lowest BCUT2D eigenvalue weighted by Crippen LogP contribution is -2.54. The van der Waals surface area contributed by atoms with Crippen molar-refractivity contribution in [2.45, 2.75) is 56.7 Å². The van der Waals surface area contributed by atoms with Crippen molar-refractivity contribution in [2.24, 2.45) is 0 Å². The van der Waals surface area contributed by atoms with Crippen molar-refractivity contribution in [1.82, 2.24) is 20.4 Å². The maximum absolute atomic E-state index is 13.0. The number of nitrogens with one attached hydrogen (secondary N) is 2. The fourth-order valence-corrected chi connectivity index (χ4v) is 5.54. The lowest BCUT2D eigenvalue weighted by atomic mass is 9.85. The first-order chi connectivity index (χ1) is 14.5. The lowest BCUT2D eigenvalue weighted by molar-refractivity contribution is -0.136. The van der Waals surface area contributed by atoms with Crippen LogP contribution in [0, 0.1) is 0 Å². The molecule has 30 heavy (non-hydrogen) atoms. The third-order valence-electron chi connectivity index (χ3n) is 7.15. The van der Waals surface area contributed by atoms with Crippen LogP contribution < -0.4 is 10.6 Å². The molecule has 1 atom stereocenters. The zero-order valence-corrected chi connectivity index (χ0v) is 16.9. The number of piperidine rings is 2. The molecule has 158 valence electrons. The van der Waals surface area contributed by atoms with E-state index < -0.39 is 23.8 Å². The van der Waals surface area contributed by atoms with Gasteiger partial charge in [0.1, 0.15) is 6.04 Å². The molecule has 0 bridgehead atoms. The van der Waals surface area contributed by atoms with Gasteiger partial charge in [0.05, 0.1) is 11.1 Å². The van der Waals surface area contributed by atoms with Crippen molar-refractivity contribution < 1.29 is 19.2 Å². The number of benzene rings is 1. The van der Waals surface area contributed by atoms with Crippen LogP contribution in [-0.4, -0.2) is 64.6 Å². The van der Waals surface area contributed by atoms with Crippen LogP contribution in [0.1, 0.15) is 64.8 Å². The predicted molar refractivity (Wildman–Crippen MR) is 108 cm³/mol. The van der Waals surface area contributed by atoms with E-state index in [4.69, 9.17) is 0 Å². The molecular weight excluding hydrogens is 384 g/mol. The van der Waals surface area contributed by atoms with Crippen LogP contribution in [0.4, 0.5) is 0 Å². The minimum atomic E-state index is -0.921. The molecule has 3 saturated heterocycles. The molecule has 0 radical (unpaired) electrons. The third-order valence-corrected chi connectivity index (χ3v) is 7.15. The zero-order chi connectivity index (χ0) is 20.9. The minimum absolute atomic E-state index is 0.126. The molecule has 1 unspecified atom stereocenters. The Bertz CT molecular complexity index is 937. The molecule has 2 N–H and O–H groups in total. The van der Waals surface area contributed by atoms with Crippen LogP contribution in [0.5, 0.6) is 0 Å². The minimum Gasteiger partial charge on any atom is -0.317 e. The van der Waals surface area contributed by atoms with Crippen molar-refractivity contribution in [3.05, 3.63) is 34.9 Å². The Labute approximate surface area is 175 Å². The molecule has 1 aromatic rings. The maximum Gasteiger partial charge on any atom is 0.262 e. The van der Waals surface area contributed by atoms with Gasteiger partial charge in [0.25, 0.3) is 11.8 Å². The van der Waals surface area contributed by atoms with E-state index in [1.54, 1.807) is 6.07 Å². The molecule has 1 spiro atoms. The van der Waals surface area contributed by atoms with E-state index in [9.17, 15) is 19.2 Å². The van der Waals surface area contributed by atoms with Gasteiger partial charge in [-0.15, -0.1) is 0 Å². The molecule has 1 aromatic carbocycles. The molecule has 4 amide bonds. The fourth-order valence-electron chi connectivity index (χ4n) is 5.54. The predicted octanol–water partition coefficient (Wildman–Crippen LogP) is 0.806. The van der Waals surface area contributed by atoms with E-state index in [0.717, 1.165) is 49.5 Å². The molecule has 8 nitrogen and oxygen atoms in total. The van der Waals surface area contributed by atoms with Crippen molar-refractivity contribution in [3.8, 4) is 0 Å². The number of carbonyl (C=O) groups is 4. The van der Waals surface area contributed by atoms with E-state index in [-0.39, 0.29) is 24.3 Å². The van der Waals surface area contributed by atoms with Gasteiger partial charge < -0.3 is 5.32 Å². The summed E-state index contributed by atoms with van der Waals surface area (Å²) in [5, 5.41) is 5.67. The number of fused-ring (bicyclic) bond motifs is 1. The zero-order valence-electron chi connectivity index (χ0n) is 16.9. The third kappa shape index (κ3) is 3.06. The van der Waals surface area contributed by atoms with Crippen LogP contribution in [0.25, 0.3) is 0 Å². The number of rotatable bonds is 3. The Morgan fingerprint density at radius 1 is 1.00 bits per heavy atom. The first kappa shape index (κ1) is 19.4. The van der Waals surface area contributed by atoms with E-state index in [1.165, 1.54) is 12.8 Å². The quantitative estimate of drug-likeness (QED) is 0.716. The lowest BCUT2D eigenvalue weighted by Gasteiger charge is -2.42. The van der Waals surface area contributed by atoms with Gasteiger partial charge in [0.15, 0.2) is 0 Å². The monoisotopic (exact) mass is 410 g/mol. The van der Waals surface area contributed by atoms with Crippen LogP contribution in [0.15, 0.2) is 18.2 Å². The van der Waals surface area contributed by atoms with Gasteiger partial charge in [-0.05, 0) is 69.4 Å². The second-order valence-electron chi connectivity index (χ2n) is 8.83. The topological polar surface area (TPSA) is 98.8 Å². The number of hydrogen-bond donors (Lipinski definition) is 2. The average Bonchev–Trinajstić information content (AvgIpc) is 3.21. The molecule has 5 rings (SSSR count). The molecule has 4 heterocycles. The van der Waals surface area contributed by atoms with Gasteiger partial charge >= 0.3 is 0 Å². The number of likely N-dealkylation sites (tertiary alicyclic amines) is 1. The highest BCUT2D eigenvalue weighted by atomic mass is 16.2. The van der Waals surface area contributed by atoms with Crippen LogP contribution in [-0.2, 0) is 16.1 Å². The summed E-state index contributed by atoms with van der Waals surface area (Å²) in [6.07, 6.45) is 4.97. The molecule has 8 heteroatoms. The van der Waals surface area contributed by atoms with Crippen LogP contribution in [0.3, 0.4) is 0 Å². The summed E-state index contributed by atoms with van der Waals surface area (Å²) in [5.74, 6) is -1.84. The Kier molecular flexibility index (Phi) is 4.71. The van der Waals surface area contributed by atoms with Gasteiger partial charge in [-0.3, -0.25) is 34.3 Å². The highest BCUT2D eigenvalue weighted by Crippen LogP contribution is 2.38. The first-order valence-corrected chi connectivity index (χ1v) is 10.8. The summed E-state index contributed by atoms with van der Waals surface area (Å²) in [7, 11) is 0.